The van der Waals surface area contributed by atoms with Gasteiger partial charge in [-0.25, -0.2) is 9.97 Å². The number of hydrogen-bond acceptors (Lipinski definition) is 5. The molecule has 0 unspecified atom stereocenters. The summed E-state index contributed by atoms with van der Waals surface area (Å²) in [7, 11) is 0. The lowest BCUT2D eigenvalue weighted by Crippen LogP contribution is -2.08. The van der Waals surface area contributed by atoms with E-state index in [1.807, 2.05) is 36.4 Å². The Kier molecular flexibility index (Phi) is 4.07. The van der Waals surface area contributed by atoms with Crippen LogP contribution in [0.15, 0.2) is 64.8 Å². The van der Waals surface area contributed by atoms with Gasteiger partial charge in [-0.1, -0.05) is 11.6 Å². The van der Waals surface area contributed by atoms with E-state index in [0.29, 0.717) is 22.1 Å². The van der Waals surface area contributed by atoms with Gasteiger partial charge >= 0.3 is 0 Å². The molecule has 22 heavy (non-hydrogen) atoms. The molecule has 0 saturated heterocycles. The van der Waals surface area contributed by atoms with Gasteiger partial charge in [0.05, 0.1) is 17.6 Å². The van der Waals surface area contributed by atoms with Crippen LogP contribution in [0.1, 0.15) is 5.69 Å². The van der Waals surface area contributed by atoms with Crippen LogP contribution in [-0.4, -0.2) is 21.9 Å². The Morgan fingerprint density at radius 3 is 2.68 bits per heavy atom. The maximum absolute atomic E-state index is 5.84. The first kappa shape index (κ1) is 14.2. The topological polar surface area (TPSA) is 76.5 Å². The monoisotopic (exact) mass is 309 g/mol. The smallest absolute Gasteiger partial charge is 0.159 e. The zero-order valence-corrected chi connectivity index (χ0v) is 12.3. The molecule has 3 aromatic rings. The summed E-state index contributed by atoms with van der Waals surface area (Å²) in [6, 6.07) is 14.7. The van der Waals surface area contributed by atoms with Gasteiger partial charge in [-0.3, -0.25) is 4.99 Å². The van der Waals surface area contributed by atoms with Crippen LogP contribution in [0.25, 0.3) is 11.0 Å². The van der Waals surface area contributed by atoms with Gasteiger partial charge in [0, 0.05) is 16.6 Å². The molecule has 0 spiro atoms. The summed E-state index contributed by atoms with van der Waals surface area (Å²) in [4.78, 5) is 13.0. The Morgan fingerprint density at radius 2 is 1.91 bits per heavy atom. The molecule has 0 amide bonds. The Hall–Kier alpha value is -2.79. The third kappa shape index (κ3) is 3.10. The normalized spacial score (nSPS) is 12.1. The highest BCUT2D eigenvalue weighted by molar-refractivity contribution is 6.38. The van der Waals surface area contributed by atoms with Crippen LogP contribution in [0, 0.1) is 0 Å². The lowest BCUT2D eigenvalue weighted by atomic mass is 10.2. The zero-order valence-electron chi connectivity index (χ0n) is 11.5. The highest BCUT2D eigenvalue weighted by atomic mass is 35.5. The molecular weight excluding hydrogens is 298 g/mol. The lowest BCUT2D eigenvalue weighted by Gasteiger charge is -2.01. The summed E-state index contributed by atoms with van der Waals surface area (Å²) in [5.74, 6) is 5.45. The van der Waals surface area contributed by atoms with Crippen molar-refractivity contribution in [3.63, 3.8) is 0 Å². The fourth-order valence-electron chi connectivity index (χ4n) is 1.92. The third-order valence-electron chi connectivity index (χ3n) is 3.03. The van der Waals surface area contributed by atoms with Crippen LogP contribution in [0.2, 0.25) is 5.02 Å². The van der Waals surface area contributed by atoms with Crippen LogP contribution in [0.3, 0.4) is 0 Å². The van der Waals surface area contributed by atoms with Gasteiger partial charge in [-0.05, 0) is 48.5 Å². The van der Waals surface area contributed by atoms with Gasteiger partial charge in [0.15, 0.2) is 5.65 Å². The molecule has 0 radical (unpaired) electrons. The van der Waals surface area contributed by atoms with E-state index < -0.39 is 0 Å². The molecule has 2 heterocycles. The van der Waals surface area contributed by atoms with Crippen LogP contribution in [0.4, 0.5) is 5.69 Å². The number of benzene rings is 1. The van der Waals surface area contributed by atoms with Crippen molar-refractivity contribution in [2.24, 2.45) is 15.9 Å². The zero-order chi connectivity index (χ0) is 15.4. The quantitative estimate of drug-likeness (QED) is 0.458. The van der Waals surface area contributed by atoms with Gasteiger partial charge in [0.25, 0.3) is 0 Å². The Morgan fingerprint density at radius 1 is 1.09 bits per heavy atom. The molecule has 3 rings (SSSR count). The molecule has 6 heteroatoms. The maximum atomic E-state index is 5.84. The van der Waals surface area contributed by atoms with E-state index in [-0.39, 0.29) is 0 Å². The summed E-state index contributed by atoms with van der Waals surface area (Å²) < 4.78 is 0. The highest BCUT2D eigenvalue weighted by Gasteiger charge is 2.04. The van der Waals surface area contributed by atoms with Crippen molar-refractivity contribution in [2.75, 3.05) is 0 Å². The van der Waals surface area contributed by atoms with E-state index in [2.05, 4.69) is 20.1 Å². The number of aromatic nitrogens is 2. The standard InChI is InChI=1S/C16H12ClN5/c17-12-4-6-13(7-5-12)20-10-15(22-18)14-8-3-11-2-1-9-19-16(11)21-14/h1-10H,18H2. The van der Waals surface area contributed by atoms with Gasteiger partial charge in [0.1, 0.15) is 5.71 Å². The van der Waals surface area contributed by atoms with Crippen molar-refractivity contribution >= 4 is 40.2 Å². The van der Waals surface area contributed by atoms with Crippen molar-refractivity contribution in [3.8, 4) is 0 Å². The minimum absolute atomic E-state index is 0.475. The molecule has 108 valence electrons. The second-order valence-corrected chi connectivity index (χ2v) is 4.93. The van der Waals surface area contributed by atoms with Crippen molar-refractivity contribution in [1.82, 2.24) is 9.97 Å². The average Bonchev–Trinajstić information content (AvgIpc) is 2.57. The number of halogens is 1. The third-order valence-corrected chi connectivity index (χ3v) is 3.28. The van der Waals surface area contributed by atoms with E-state index in [0.717, 1.165) is 11.1 Å². The average molecular weight is 310 g/mol. The molecule has 0 bridgehead atoms. The second kappa shape index (κ2) is 6.32. The Bertz CT molecular complexity index is 856. The number of nitrogens with zero attached hydrogens (tertiary/aromatic N) is 4. The van der Waals surface area contributed by atoms with Crippen molar-refractivity contribution in [3.05, 3.63) is 65.4 Å². The van der Waals surface area contributed by atoms with Gasteiger partial charge < -0.3 is 5.84 Å². The molecule has 0 aliphatic heterocycles. The predicted octanol–water partition coefficient (Wildman–Crippen LogP) is 3.35. The van der Waals surface area contributed by atoms with Crippen molar-refractivity contribution < 1.29 is 0 Å². The van der Waals surface area contributed by atoms with E-state index in [1.54, 1.807) is 24.5 Å². The summed E-state index contributed by atoms with van der Waals surface area (Å²) in [5.41, 5.74) is 2.49. The van der Waals surface area contributed by atoms with Gasteiger partial charge in [-0.2, -0.15) is 5.10 Å². The first-order valence-corrected chi connectivity index (χ1v) is 6.94. The van der Waals surface area contributed by atoms with Gasteiger partial charge in [0.2, 0.25) is 0 Å². The predicted molar refractivity (Wildman–Crippen MR) is 89.9 cm³/mol. The maximum Gasteiger partial charge on any atom is 0.159 e. The molecule has 0 fully saturated rings. The number of nitrogens with two attached hydrogens (primary N) is 1. The SMILES string of the molecule is NN=C(C=Nc1ccc(Cl)cc1)c1ccc2cccnc2n1. The number of rotatable bonds is 3. The molecular formula is C16H12ClN5. The summed E-state index contributed by atoms with van der Waals surface area (Å²) >= 11 is 5.84. The minimum Gasteiger partial charge on any atom is -0.323 e. The largest absolute Gasteiger partial charge is 0.323 e. The first-order valence-electron chi connectivity index (χ1n) is 6.56. The molecule has 0 saturated carbocycles. The number of pyridine rings is 2. The number of aliphatic imine (C=N–C) groups is 1. The fraction of sp³-hybridized carbons (Fsp3) is 0. The molecule has 2 aromatic heterocycles. The van der Waals surface area contributed by atoms with E-state index in [1.165, 1.54) is 0 Å². The van der Waals surface area contributed by atoms with Crippen LogP contribution < -0.4 is 5.84 Å². The highest BCUT2D eigenvalue weighted by Crippen LogP contribution is 2.16. The van der Waals surface area contributed by atoms with Crippen LogP contribution >= 0.6 is 11.6 Å². The molecule has 5 nitrogen and oxygen atoms in total. The van der Waals surface area contributed by atoms with E-state index >= 15 is 0 Å². The first-order chi connectivity index (χ1) is 10.8. The van der Waals surface area contributed by atoms with Crippen LogP contribution in [-0.2, 0) is 0 Å². The van der Waals surface area contributed by atoms with E-state index in [9.17, 15) is 0 Å². The lowest BCUT2D eigenvalue weighted by molar-refractivity contribution is 1.22. The second-order valence-electron chi connectivity index (χ2n) is 4.50. The van der Waals surface area contributed by atoms with E-state index in [4.69, 9.17) is 17.4 Å². The molecule has 2 N–H and O–H groups in total. The summed E-state index contributed by atoms with van der Waals surface area (Å²) in [6.45, 7) is 0. The van der Waals surface area contributed by atoms with Gasteiger partial charge in [-0.15, -0.1) is 0 Å². The van der Waals surface area contributed by atoms with Crippen molar-refractivity contribution in [2.45, 2.75) is 0 Å². The fourth-order valence-corrected chi connectivity index (χ4v) is 2.05. The Labute approximate surface area is 132 Å². The van der Waals surface area contributed by atoms with Crippen molar-refractivity contribution in [1.29, 1.82) is 0 Å². The minimum atomic E-state index is 0.475. The molecule has 0 aliphatic rings. The molecule has 0 atom stereocenters. The molecule has 1 aromatic carbocycles. The van der Waals surface area contributed by atoms with Crippen LogP contribution in [0.5, 0.6) is 0 Å². The number of fused-ring (bicyclic) bond motifs is 1. The number of hydrazone groups is 1. The summed E-state index contributed by atoms with van der Waals surface area (Å²) in [5, 5.41) is 5.37. The molecule has 0 aliphatic carbocycles. The number of hydrogen-bond donors (Lipinski definition) is 1. The summed E-state index contributed by atoms with van der Waals surface area (Å²) in [6.07, 6.45) is 3.26. The Balaban J connectivity index is 1.91.